The maximum atomic E-state index is 11.5. The molecule has 1 unspecified atom stereocenters. The first kappa shape index (κ1) is 11.3. The van der Waals surface area contributed by atoms with E-state index in [1.165, 1.54) is 11.3 Å². The van der Waals surface area contributed by atoms with Crippen LogP contribution >= 0.6 is 11.3 Å². The number of hydrogen-bond donors (Lipinski definition) is 1. The van der Waals surface area contributed by atoms with Crippen molar-refractivity contribution in [3.8, 4) is 0 Å². The Morgan fingerprint density at radius 3 is 2.86 bits per heavy atom. The molecule has 1 aromatic rings. The molecule has 0 amide bonds. The second kappa shape index (κ2) is 5.22. The van der Waals surface area contributed by atoms with E-state index >= 15 is 0 Å². The topological polar surface area (TPSA) is 56.0 Å². The van der Waals surface area contributed by atoms with E-state index in [-0.39, 0.29) is 11.8 Å². The van der Waals surface area contributed by atoms with E-state index in [0.29, 0.717) is 18.8 Å². The van der Waals surface area contributed by atoms with E-state index in [9.17, 15) is 4.79 Å². The minimum Gasteiger partial charge on any atom is -0.327 e. The van der Waals surface area contributed by atoms with Crippen LogP contribution in [-0.4, -0.2) is 16.8 Å². The Kier molecular flexibility index (Phi) is 4.22. The summed E-state index contributed by atoms with van der Waals surface area (Å²) in [6.07, 6.45) is 2.68. The van der Waals surface area contributed by atoms with Gasteiger partial charge in [-0.3, -0.25) is 9.78 Å². The van der Waals surface area contributed by atoms with Crippen molar-refractivity contribution in [1.29, 1.82) is 0 Å². The SMILES string of the molecule is CC(C)C(N)CC(=O)Cc1cncs1. The first-order valence-electron chi connectivity index (χ1n) is 4.74. The molecule has 0 aliphatic carbocycles. The Hall–Kier alpha value is -0.740. The van der Waals surface area contributed by atoms with E-state index in [4.69, 9.17) is 5.73 Å². The van der Waals surface area contributed by atoms with Crippen molar-refractivity contribution in [2.45, 2.75) is 32.7 Å². The summed E-state index contributed by atoms with van der Waals surface area (Å²) in [5.41, 5.74) is 7.55. The normalized spacial score (nSPS) is 13.1. The van der Waals surface area contributed by atoms with Crippen LogP contribution < -0.4 is 5.73 Å². The number of ketones is 1. The molecule has 0 aliphatic heterocycles. The largest absolute Gasteiger partial charge is 0.327 e. The fourth-order valence-corrected chi connectivity index (χ4v) is 1.72. The van der Waals surface area contributed by atoms with Crippen LogP contribution in [0.25, 0.3) is 0 Å². The number of Topliss-reactive ketones (excluding diaryl/α,β-unsaturated/α-hetero) is 1. The van der Waals surface area contributed by atoms with Crippen LogP contribution in [0.4, 0.5) is 0 Å². The quantitative estimate of drug-likeness (QED) is 0.807. The second-order valence-electron chi connectivity index (χ2n) is 3.80. The molecule has 4 heteroatoms. The summed E-state index contributed by atoms with van der Waals surface area (Å²) in [6, 6.07) is -0.0181. The summed E-state index contributed by atoms with van der Waals surface area (Å²) in [5, 5.41) is 0. The zero-order chi connectivity index (χ0) is 10.6. The van der Waals surface area contributed by atoms with E-state index in [1.54, 1.807) is 11.7 Å². The molecular weight excluding hydrogens is 196 g/mol. The maximum absolute atomic E-state index is 11.5. The first-order chi connectivity index (χ1) is 6.59. The van der Waals surface area contributed by atoms with Gasteiger partial charge in [0.1, 0.15) is 5.78 Å². The van der Waals surface area contributed by atoms with Gasteiger partial charge < -0.3 is 5.73 Å². The summed E-state index contributed by atoms with van der Waals surface area (Å²) >= 11 is 1.51. The Balaban J connectivity index is 2.36. The highest BCUT2D eigenvalue weighted by atomic mass is 32.1. The van der Waals surface area contributed by atoms with Crippen LogP contribution in [0.1, 0.15) is 25.1 Å². The molecule has 1 atom stereocenters. The average Bonchev–Trinajstić information content (AvgIpc) is 2.56. The first-order valence-corrected chi connectivity index (χ1v) is 5.62. The molecule has 0 spiro atoms. The molecule has 0 bridgehead atoms. The number of rotatable bonds is 5. The predicted molar refractivity (Wildman–Crippen MR) is 58.3 cm³/mol. The van der Waals surface area contributed by atoms with Crippen LogP contribution in [0.3, 0.4) is 0 Å². The molecule has 2 N–H and O–H groups in total. The molecule has 14 heavy (non-hydrogen) atoms. The van der Waals surface area contributed by atoms with Gasteiger partial charge in [-0.05, 0) is 5.92 Å². The minimum absolute atomic E-state index is 0.0181. The van der Waals surface area contributed by atoms with Crippen molar-refractivity contribution in [2.75, 3.05) is 0 Å². The van der Waals surface area contributed by atoms with Crippen LogP contribution in [-0.2, 0) is 11.2 Å². The van der Waals surface area contributed by atoms with Crippen molar-refractivity contribution in [3.05, 3.63) is 16.6 Å². The number of carbonyl (C=O) groups excluding carboxylic acids is 1. The van der Waals surface area contributed by atoms with Gasteiger partial charge in [0.15, 0.2) is 0 Å². The van der Waals surface area contributed by atoms with Gasteiger partial charge in [0.05, 0.1) is 5.51 Å². The summed E-state index contributed by atoms with van der Waals surface area (Å²) in [7, 11) is 0. The molecule has 0 aliphatic rings. The number of nitrogens with zero attached hydrogens (tertiary/aromatic N) is 1. The Morgan fingerprint density at radius 1 is 1.64 bits per heavy atom. The van der Waals surface area contributed by atoms with Crippen LogP contribution in [0, 0.1) is 5.92 Å². The molecule has 0 saturated heterocycles. The van der Waals surface area contributed by atoms with E-state index in [1.807, 2.05) is 13.8 Å². The Morgan fingerprint density at radius 2 is 2.36 bits per heavy atom. The zero-order valence-electron chi connectivity index (χ0n) is 8.56. The lowest BCUT2D eigenvalue weighted by atomic mass is 9.98. The van der Waals surface area contributed by atoms with Gasteiger partial charge in [0.2, 0.25) is 0 Å². The van der Waals surface area contributed by atoms with Crippen molar-refractivity contribution < 1.29 is 4.79 Å². The highest BCUT2D eigenvalue weighted by Gasteiger charge is 2.13. The van der Waals surface area contributed by atoms with Gasteiger partial charge in [0, 0.05) is 30.0 Å². The van der Waals surface area contributed by atoms with Gasteiger partial charge >= 0.3 is 0 Å². The standard InChI is InChI=1S/C10H16N2OS/c1-7(2)10(11)4-8(13)3-9-5-12-6-14-9/h5-7,10H,3-4,11H2,1-2H3. The van der Waals surface area contributed by atoms with E-state index in [0.717, 1.165) is 4.88 Å². The van der Waals surface area contributed by atoms with Gasteiger partial charge in [-0.1, -0.05) is 13.8 Å². The van der Waals surface area contributed by atoms with E-state index in [2.05, 4.69) is 4.98 Å². The molecule has 0 radical (unpaired) electrons. The number of aromatic nitrogens is 1. The van der Waals surface area contributed by atoms with Crippen LogP contribution in [0.2, 0.25) is 0 Å². The second-order valence-corrected chi connectivity index (χ2v) is 4.77. The minimum atomic E-state index is -0.0181. The zero-order valence-corrected chi connectivity index (χ0v) is 9.38. The third-order valence-electron chi connectivity index (χ3n) is 2.17. The fourth-order valence-electron chi connectivity index (χ4n) is 1.09. The monoisotopic (exact) mass is 212 g/mol. The molecule has 1 heterocycles. The average molecular weight is 212 g/mol. The van der Waals surface area contributed by atoms with E-state index < -0.39 is 0 Å². The molecule has 0 aromatic carbocycles. The molecule has 1 rings (SSSR count). The molecule has 1 aromatic heterocycles. The van der Waals surface area contributed by atoms with Crippen molar-refractivity contribution in [2.24, 2.45) is 11.7 Å². The lowest BCUT2D eigenvalue weighted by Crippen LogP contribution is -2.29. The van der Waals surface area contributed by atoms with Crippen LogP contribution in [0.15, 0.2) is 11.7 Å². The third kappa shape index (κ3) is 3.55. The number of hydrogen-bond acceptors (Lipinski definition) is 4. The molecule has 0 saturated carbocycles. The smallest absolute Gasteiger partial charge is 0.139 e. The van der Waals surface area contributed by atoms with Gasteiger partial charge in [-0.25, -0.2) is 0 Å². The summed E-state index contributed by atoms with van der Waals surface area (Å²) in [4.78, 5) is 16.5. The number of carbonyl (C=O) groups is 1. The fraction of sp³-hybridized carbons (Fsp3) is 0.600. The highest BCUT2D eigenvalue weighted by Crippen LogP contribution is 2.10. The molecular formula is C10H16N2OS. The molecule has 0 fully saturated rings. The van der Waals surface area contributed by atoms with Crippen molar-refractivity contribution in [1.82, 2.24) is 4.98 Å². The Bertz CT molecular complexity index is 282. The maximum Gasteiger partial charge on any atom is 0.139 e. The van der Waals surface area contributed by atoms with Crippen molar-refractivity contribution in [3.63, 3.8) is 0 Å². The van der Waals surface area contributed by atoms with Crippen LogP contribution in [0.5, 0.6) is 0 Å². The summed E-state index contributed by atoms with van der Waals surface area (Å²) in [6.45, 7) is 4.06. The predicted octanol–water partition coefficient (Wildman–Crippen LogP) is 1.63. The van der Waals surface area contributed by atoms with Gasteiger partial charge in [-0.15, -0.1) is 11.3 Å². The number of nitrogens with two attached hydrogens (primary N) is 1. The highest BCUT2D eigenvalue weighted by molar-refractivity contribution is 7.09. The molecule has 78 valence electrons. The van der Waals surface area contributed by atoms with Crippen molar-refractivity contribution >= 4 is 17.1 Å². The Labute approximate surface area is 88.3 Å². The molecule has 3 nitrogen and oxygen atoms in total. The lowest BCUT2D eigenvalue weighted by Gasteiger charge is -2.13. The summed E-state index contributed by atoms with van der Waals surface area (Å²) in [5.74, 6) is 0.566. The van der Waals surface area contributed by atoms with Gasteiger partial charge in [-0.2, -0.15) is 0 Å². The summed E-state index contributed by atoms with van der Waals surface area (Å²) < 4.78 is 0. The number of thiazole rings is 1. The lowest BCUT2D eigenvalue weighted by molar-refractivity contribution is -0.118. The third-order valence-corrected chi connectivity index (χ3v) is 2.95. The van der Waals surface area contributed by atoms with Gasteiger partial charge in [0.25, 0.3) is 0 Å².